The van der Waals surface area contributed by atoms with Crippen LogP contribution in [0.3, 0.4) is 0 Å². The zero-order valence-electron chi connectivity index (χ0n) is 12.3. The number of carboxylic acids is 1. The van der Waals surface area contributed by atoms with Crippen LogP contribution in [0.4, 0.5) is 0 Å². The molecule has 0 atom stereocenters. The second kappa shape index (κ2) is 5.96. The maximum absolute atomic E-state index is 12.6. The van der Waals surface area contributed by atoms with E-state index < -0.39 is 28.3 Å². The van der Waals surface area contributed by atoms with Crippen LogP contribution in [-0.2, 0) is 14.6 Å². The number of methoxy groups -OCH3 is 1. The van der Waals surface area contributed by atoms with Crippen LogP contribution in [0.1, 0.15) is 23.2 Å². The predicted octanol–water partition coefficient (Wildman–Crippen LogP) is 0.788. The summed E-state index contributed by atoms with van der Waals surface area (Å²) >= 11 is 0. The molecule has 120 valence electrons. The highest BCUT2D eigenvalue weighted by atomic mass is 32.2. The van der Waals surface area contributed by atoms with Crippen LogP contribution in [0.25, 0.3) is 0 Å². The molecule has 0 saturated heterocycles. The summed E-state index contributed by atoms with van der Waals surface area (Å²) in [6.45, 7) is -0.421. The number of benzene rings is 1. The lowest BCUT2D eigenvalue weighted by molar-refractivity contribution is -0.137. The van der Waals surface area contributed by atoms with E-state index >= 15 is 0 Å². The van der Waals surface area contributed by atoms with Crippen molar-refractivity contribution in [1.29, 1.82) is 0 Å². The van der Waals surface area contributed by atoms with Crippen molar-refractivity contribution in [3.8, 4) is 5.75 Å². The second-order valence-corrected chi connectivity index (χ2v) is 7.21. The minimum absolute atomic E-state index is 0.0114. The van der Waals surface area contributed by atoms with Gasteiger partial charge in [-0.15, -0.1) is 0 Å². The molecule has 1 aromatic carbocycles. The molecule has 0 unspecified atom stereocenters. The minimum Gasteiger partial charge on any atom is -0.496 e. The van der Waals surface area contributed by atoms with Crippen LogP contribution >= 0.6 is 0 Å². The van der Waals surface area contributed by atoms with Gasteiger partial charge in [0.25, 0.3) is 5.91 Å². The SMILES string of the molecule is COc1ccc(S(C)(=O)=O)cc1C(=O)N(CC(=O)O)C1CC1. The molecular formula is C14H17NO6S. The minimum atomic E-state index is -3.48. The Morgan fingerprint density at radius 1 is 1.36 bits per heavy atom. The van der Waals surface area contributed by atoms with Gasteiger partial charge >= 0.3 is 5.97 Å². The molecular weight excluding hydrogens is 310 g/mol. The molecule has 0 radical (unpaired) electrons. The third-order valence-electron chi connectivity index (χ3n) is 3.38. The molecule has 1 aromatic rings. The summed E-state index contributed by atoms with van der Waals surface area (Å²) in [5.41, 5.74) is 0.0542. The molecule has 0 bridgehead atoms. The fourth-order valence-corrected chi connectivity index (χ4v) is 2.79. The molecule has 0 aliphatic heterocycles. The number of carbonyl (C=O) groups is 2. The van der Waals surface area contributed by atoms with Crippen molar-refractivity contribution in [1.82, 2.24) is 4.90 Å². The number of amides is 1. The smallest absolute Gasteiger partial charge is 0.323 e. The highest BCUT2D eigenvalue weighted by Gasteiger charge is 2.35. The predicted molar refractivity (Wildman–Crippen MR) is 77.8 cm³/mol. The molecule has 1 saturated carbocycles. The van der Waals surface area contributed by atoms with Crippen molar-refractivity contribution in [3.63, 3.8) is 0 Å². The summed E-state index contributed by atoms with van der Waals surface area (Å²) in [4.78, 5) is 24.8. The first-order chi connectivity index (χ1) is 10.2. The number of carboxylic acid groups (broad SMARTS) is 1. The Morgan fingerprint density at radius 3 is 2.45 bits per heavy atom. The van der Waals surface area contributed by atoms with Crippen LogP contribution in [0, 0.1) is 0 Å². The summed E-state index contributed by atoms with van der Waals surface area (Å²) < 4.78 is 28.4. The lowest BCUT2D eigenvalue weighted by atomic mass is 10.1. The topological polar surface area (TPSA) is 101 Å². The van der Waals surface area contributed by atoms with Gasteiger partial charge in [0.15, 0.2) is 9.84 Å². The van der Waals surface area contributed by atoms with Crippen LogP contribution in [0.15, 0.2) is 23.1 Å². The van der Waals surface area contributed by atoms with Gasteiger partial charge in [0.1, 0.15) is 12.3 Å². The van der Waals surface area contributed by atoms with Crippen molar-refractivity contribution >= 4 is 21.7 Å². The lowest BCUT2D eigenvalue weighted by Gasteiger charge is -2.21. The normalized spacial score (nSPS) is 14.5. The molecule has 7 nitrogen and oxygen atoms in total. The van der Waals surface area contributed by atoms with Gasteiger partial charge in [0.05, 0.1) is 17.6 Å². The van der Waals surface area contributed by atoms with E-state index in [1.54, 1.807) is 0 Å². The highest BCUT2D eigenvalue weighted by Crippen LogP contribution is 2.31. The maximum Gasteiger partial charge on any atom is 0.323 e. The van der Waals surface area contributed by atoms with Crippen LogP contribution in [0.5, 0.6) is 5.75 Å². The third-order valence-corrected chi connectivity index (χ3v) is 4.49. The summed E-state index contributed by atoms with van der Waals surface area (Å²) in [5, 5.41) is 8.95. The van der Waals surface area contributed by atoms with E-state index in [2.05, 4.69) is 0 Å². The Kier molecular flexibility index (Phi) is 4.41. The summed E-state index contributed by atoms with van der Waals surface area (Å²) in [6.07, 6.45) is 2.53. The van der Waals surface area contributed by atoms with Crippen LogP contribution in [0.2, 0.25) is 0 Å². The standard InChI is InChI=1S/C14H17NO6S/c1-21-12-6-5-10(22(2,19)20)7-11(12)14(18)15(8-13(16)17)9-3-4-9/h5-7,9H,3-4,8H2,1-2H3,(H,16,17). The number of carbonyl (C=O) groups excluding carboxylic acids is 1. The quantitative estimate of drug-likeness (QED) is 0.829. The van der Waals surface area contributed by atoms with E-state index in [4.69, 9.17) is 9.84 Å². The number of hydrogen-bond donors (Lipinski definition) is 1. The summed E-state index contributed by atoms with van der Waals surface area (Å²) in [5.74, 6) is -1.43. The van der Waals surface area contributed by atoms with Crippen LogP contribution in [-0.4, -0.2) is 56.3 Å². The molecule has 1 amide bonds. The third kappa shape index (κ3) is 3.56. The van der Waals surface area contributed by atoms with E-state index in [1.807, 2.05) is 0 Å². The number of hydrogen-bond acceptors (Lipinski definition) is 5. The molecule has 8 heteroatoms. The molecule has 0 heterocycles. The van der Waals surface area contributed by atoms with E-state index in [1.165, 1.54) is 30.2 Å². The Labute approximate surface area is 128 Å². The average molecular weight is 327 g/mol. The molecule has 22 heavy (non-hydrogen) atoms. The lowest BCUT2D eigenvalue weighted by Crippen LogP contribution is -2.37. The van der Waals surface area contributed by atoms with Gasteiger partial charge in [-0.2, -0.15) is 0 Å². The molecule has 0 spiro atoms. The first kappa shape index (κ1) is 16.3. The number of aliphatic carboxylic acids is 1. The molecule has 1 fully saturated rings. The highest BCUT2D eigenvalue weighted by molar-refractivity contribution is 7.90. The van der Waals surface area contributed by atoms with Crippen molar-refractivity contribution in [2.75, 3.05) is 19.9 Å². The van der Waals surface area contributed by atoms with Gasteiger partial charge in [-0.1, -0.05) is 0 Å². The zero-order chi connectivity index (χ0) is 16.5. The van der Waals surface area contributed by atoms with Crippen molar-refractivity contribution < 1.29 is 27.9 Å². The van der Waals surface area contributed by atoms with Crippen molar-refractivity contribution in [2.24, 2.45) is 0 Å². The fraction of sp³-hybridized carbons (Fsp3) is 0.429. The number of sulfone groups is 1. The van der Waals surface area contributed by atoms with Gasteiger partial charge in [0.2, 0.25) is 0 Å². The Hall–Kier alpha value is -2.09. The number of rotatable bonds is 6. The molecule has 2 rings (SSSR count). The first-order valence-electron chi connectivity index (χ1n) is 6.65. The van der Waals surface area contributed by atoms with Crippen LogP contribution < -0.4 is 4.74 Å². The van der Waals surface area contributed by atoms with E-state index in [0.717, 1.165) is 19.1 Å². The number of ether oxygens (including phenoxy) is 1. The number of nitrogens with zero attached hydrogens (tertiary/aromatic N) is 1. The second-order valence-electron chi connectivity index (χ2n) is 5.19. The van der Waals surface area contributed by atoms with Gasteiger partial charge in [-0.25, -0.2) is 8.42 Å². The molecule has 1 aliphatic carbocycles. The fourth-order valence-electron chi connectivity index (χ4n) is 2.14. The van der Waals surface area contributed by atoms with Gasteiger partial charge in [0, 0.05) is 12.3 Å². The Balaban J connectivity index is 2.44. The summed E-state index contributed by atoms with van der Waals surface area (Å²) in [6, 6.07) is 3.86. The Morgan fingerprint density at radius 2 is 2.00 bits per heavy atom. The average Bonchev–Trinajstić information content (AvgIpc) is 3.26. The molecule has 0 aromatic heterocycles. The van der Waals surface area contributed by atoms with Gasteiger partial charge < -0.3 is 14.7 Å². The Bertz CT molecular complexity index is 708. The van der Waals surface area contributed by atoms with Crippen molar-refractivity contribution in [3.05, 3.63) is 23.8 Å². The monoisotopic (exact) mass is 327 g/mol. The van der Waals surface area contributed by atoms with Crippen molar-refractivity contribution in [2.45, 2.75) is 23.8 Å². The van der Waals surface area contributed by atoms with E-state index in [9.17, 15) is 18.0 Å². The largest absolute Gasteiger partial charge is 0.496 e. The maximum atomic E-state index is 12.6. The van der Waals surface area contributed by atoms with Gasteiger partial charge in [-0.05, 0) is 31.0 Å². The van der Waals surface area contributed by atoms with E-state index in [0.29, 0.717) is 0 Å². The first-order valence-corrected chi connectivity index (χ1v) is 8.54. The summed E-state index contributed by atoms with van der Waals surface area (Å²) in [7, 11) is -2.11. The molecule has 1 N–H and O–H groups in total. The van der Waals surface area contributed by atoms with Gasteiger partial charge in [-0.3, -0.25) is 9.59 Å². The molecule has 1 aliphatic rings. The van der Waals surface area contributed by atoms with E-state index in [-0.39, 0.29) is 22.3 Å². The zero-order valence-corrected chi connectivity index (χ0v) is 13.1.